The number of rotatable bonds is 8. The second-order valence-electron chi connectivity index (χ2n) is 5.12. The number of hydrogen-bond acceptors (Lipinski definition) is 5. The van der Waals surface area contributed by atoms with E-state index in [0.29, 0.717) is 12.5 Å². The topological polar surface area (TPSA) is 70.1 Å². The summed E-state index contributed by atoms with van der Waals surface area (Å²) in [5.74, 6) is 2.99. The molecule has 2 rings (SSSR count). The minimum absolute atomic E-state index is 0.257. The van der Waals surface area contributed by atoms with Crippen molar-refractivity contribution in [3.63, 3.8) is 0 Å². The molecule has 1 aliphatic rings. The number of anilines is 2. The van der Waals surface area contributed by atoms with Gasteiger partial charge in [0.1, 0.15) is 17.5 Å². The van der Waals surface area contributed by atoms with Gasteiger partial charge < -0.3 is 15.7 Å². The highest BCUT2D eigenvalue weighted by molar-refractivity contribution is 5.47. The molecule has 1 aromatic heterocycles. The number of aryl methyl sites for hydroxylation is 1. The molecule has 0 bridgehead atoms. The average molecular weight is 264 g/mol. The van der Waals surface area contributed by atoms with Crippen LogP contribution in [0.4, 0.5) is 11.6 Å². The van der Waals surface area contributed by atoms with Crippen LogP contribution in [0.3, 0.4) is 0 Å². The summed E-state index contributed by atoms with van der Waals surface area (Å²) in [6.45, 7) is 5.57. The Morgan fingerprint density at radius 2 is 1.95 bits per heavy atom. The van der Waals surface area contributed by atoms with Crippen molar-refractivity contribution in [1.29, 1.82) is 0 Å². The van der Waals surface area contributed by atoms with Crippen LogP contribution in [0.5, 0.6) is 0 Å². The molecule has 1 heterocycles. The van der Waals surface area contributed by atoms with Crippen LogP contribution in [0.2, 0.25) is 0 Å². The van der Waals surface area contributed by atoms with Crippen molar-refractivity contribution in [3.8, 4) is 0 Å². The Hall–Kier alpha value is -1.36. The SMILES string of the molecule is CCCc1nc(NCC)cc(NCC(O)C2CC2)n1. The lowest BCUT2D eigenvalue weighted by Gasteiger charge is -2.13. The monoisotopic (exact) mass is 264 g/mol. The molecule has 1 aliphatic carbocycles. The fraction of sp³-hybridized carbons (Fsp3) is 0.714. The molecular weight excluding hydrogens is 240 g/mol. The number of hydrogen-bond donors (Lipinski definition) is 3. The van der Waals surface area contributed by atoms with Crippen LogP contribution in [-0.2, 0) is 6.42 Å². The van der Waals surface area contributed by atoms with Crippen LogP contribution in [0.15, 0.2) is 6.07 Å². The Labute approximate surface area is 114 Å². The van der Waals surface area contributed by atoms with Gasteiger partial charge in [-0.05, 0) is 32.1 Å². The molecule has 1 atom stereocenters. The highest BCUT2D eigenvalue weighted by Gasteiger charge is 2.29. The standard InChI is InChI=1S/C14H24N4O/c1-3-5-12-17-13(15-4-2)8-14(18-12)16-9-11(19)10-6-7-10/h8,10-11,19H,3-7,9H2,1-2H3,(H2,15,16,17,18). The van der Waals surface area contributed by atoms with E-state index in [2.05, 4.69) is 27.5 Å². The summed E-state index contributed by atoms with van der Waals surface area (Å²) in [6, 6.07) is 1.91. The first-order valence-corrected chi connectivity index (χ1v) is 7.26. The number of aromatic nitrogens is 2. The third-order valence-corrected chi connectivity index (χ3v) is 3.26. The summed E-state index contributed by atoms with van der Waals surface area (Å²) in [5.41, 5.74) is 0. The van der Waals surface area contributed by atoms with E-state index in [1.807, 2.05) is 13.0 Å². The van der Waals surface area contributed by atoms with Gasteiger partial charge >= 0.3 is 0 Å². The molecule has 0 radical (unpaired) electrons. The summed E-state index contributed by atoms with van der Waals surface area (Å²) in [6.07, 6.45) is 3.94. The van der Waals surface area contributed by atoms with E-state index in [1.165, 1.54) is 0 Å². The quantitative estimate of drug-likeness (QED) is 0.670. The van der Waals surface area contributed by atoms with E-state index in [4.69, 9.17) is 0 Å². The Morgan fingerprint density at radius 1 is 1.26 bits per heavy atom. The molecule has 106 valence electrons. The number of nitrogens with one attached hydrogen (secondary N) is 2. The first-order chi connectivity index (χ1) is 9.22. The molecule has 0 aromatic carbocycles. The first kappa shape index (κ1) is 14.1. The largest absolute Gasteiger partial charge is 0.391 e. The summed E-state index contributed by atoms with van der Waals surface area (Å²) in [4.78, 5) is 8.95. The van der Waals surface area contributed by atoms with Gasteiger partial charge in [-0.3, -0.25) is 0 Å². The van der Waals surface area contributed by atoms with Crippen molar-refractivity contribution >= 4 is 11.6 Å². The highest BCUT2D eigenvalue weighted by Crippen LogP contribution is 2.32. The second-order valence-corrected chi connectivity index (χ2v) is 5.12. The van der Waals surface area contributed by atoms with Gasteiger partial charge in [0.2, 0.25) is 0 Å². The zero-order valence-electron chi connectivity index (χ0n) is 11.8. The summed E-state index contributed by atoms with van der Waals surface area (Å²) in [7, 11) is 0. The average Bonchev–Trinajstić information content (AvgIpc) is 3.21. The smallest absolute Gasteiger partial charge is 0.133 e. The maximum absolute atomic E-state index is 9.87. The zero-order valence-corrected chi connectivity index (χ0v) is 11.8. The maximum atomic E-state index is 9.87. The van der Waals surface area contributed by atoms with Crippen molar-refractivity contribution in [2.75, 3.05) is 23.7 Å². The fourth-order valence-electron chi connectivity index (χ4n) is 2.05. The molecular formula is C14H24N4O. The molecule has 0 spiro atoms. The van der Waals surface area contributed by atoms with Gasteiger partial charge in [0, 0.05) is 25.6 Å². The molecule has 1 saturated carbocycles. The molecule has 0 saturated heterocycles. The van der Waals surface area contributed by atoms with Gasteiger partial charge in [0.25, 0.3) is 0 Å². The van der Waals surface area contributed by atoms with Crippen molar-refractivity contribution in [2.45, 2.75) is 45.6 Å². The van der Waals surface area contributed by atoms with Gasteiger partial charge in [-0.25, -0.2) is 9.97 Å². The van der Waals surface area contributed by atoms with Crippen LogP contribution in [0.25, 0.3) is 0 Å². The Balaban J connectivity index is 1.99. The van der Waals surface area contributed by atoms with Gasteiger partial charge in [-0.15, -0.1) is 0 Å². The molecule has 1 unspecified atom stereocenters. The zero-order chi connectivity index (χ0) is 13.7. The molecule has 5 nitrogen and oxygen atoms in total. The van der Waals surface area contributed by atoms with Crippen molar-refractivity contribution in [2.24, 2.45) is 5.92 Å². The van der Waals surface area contributed by atoms with Crippen LogP contribution in [0.1, 0.15) is 38.9 Å². The number of aliphatic hydroxyl groups excluding tert-OH is 1. The van der Waals surface area contributed by atoms with E-state index < -0.39 is 0 Å². The summed E-state index contributed by atoms with van der Waals surface area (Å²) >= 11 is 0. The maximum Gasteiger partial charge on any atom is 0.133 e. The van der Waals surface area contributed by atoms with Gasteiger partial charge in [0.05, 0.1) is 6.10 Å². The molecule has 1 fully saturated rings. The van der Waals surface area contributed by atoms with Crippen LogP contribution in [-0.4, -0.2) is 34.3 Å². The molecule has 0 aliphatic heterocycles. The minimum Gasteiger partial charge on any atom is -0.391 e. The lowest BCUT2D eigenvalue weighted by Crippen LogP contribution is -2.22. The van der Waals surface area contributed by atoms with E-state index in [1.54, 1.807) is 0 Å². The Bertz CT molecular complexity index is 382. The third kappa shape index (κ3) is 4.35. The van der Waals surface area contributed by atoms with Crippen molar-refractivity contribution < 1.29 is 5.11 Å². The molecule has 3 N–H and O–H groups in total. The lowest BCUT2D eigenvalue weighted by atomic mass is 10.2. The van der Waals surface area contributed by atoms with Gasteiger partial charge in [-0.1, -0.05) is 6.92 Å². The van der Waals surface area contributed by atoms with Gasteiger partial charge in [0.15, 0.2) is 0 Å². The fourth-order valence-corrected chi connectivity index (χ4v) is 2.05. The molecule has 0 amide bonds. The molecule has 1 aromatic rings. The summed E-state index contributed by atoms with van der Waals surface area (Å²) in [5, 5.41) is 16.3. The third-order valence-electron chi connectivity index (χ3n) is 3.26. The van der Waals surface area contributed by atoms with Crippen molar-refractivity contribution in [3.05, 3.63) is 11.9 Å². The first-order valence-electron chi connectivity index (χ1n) is 7.26. The van der Waals surface area contributed by atoms with Crippen LogP contribution in [0, 0.1) is 5.92 Å². The molecule has 5 heteroatoms. The van der Waals surface area contributed by atoms with Crippen LogP contribution < -0.4 is 10.6 Å². The summed E-state index contributed by atoms with van der Waals surface area (Å²) < 4.78 is 0. The van der Waals surface area contributed by atoms with E-state index in [0.717, 1.165) is 49.7 Å². The van der Waals surface area contributed by atoms with Crippen LogP contribution >= 0.6 is 0 Å². The minimum atomic E-state index is -0.257. The van der Waals surface area contributed by atoms with Crippen molar-refractivity contribution in [1.82, 2.24) is 9.97 Å². The second kappa shape index (κ2) is 6.70. The number of nitrogens with zero attached hydrogens (tertiary/aromatic N) is 2. The molecule has 19 heavy (non-hydrogen) atoms. The predicted octanol–water partition coefficient (Wildman–Crippen LogP) is 2.04. The Kier molecular flexibility index (Phi) is 4.96. The lowest BCUT2D eigenvalue weighted by molar-refractivity contribution is 0.164. The van der Waals surface area contributed by atoms with E-state index in [9.17, 15) is 5.11 Å². The predicted molar refractivity (Wildman–Crippen MR) is 77.4 cm³/mol. The number of aliphatic hydroxyl groups is 1. The Morgan fingerprint density at radius 3 is 2.53 bits per heavy atom. The van der Waals surface area contributed by atoms with Gasteiger partial charge in [-0.2, -0.15) is 0 Å². The van der Waals surface area contributed by atoms with E-state index in [-0.39, 0.29) is 6.10 Å². The normalized spacial score (nSPS) is 16.2. The highest BCUT2D eigenvalue weighted by atomic mass is 16.3. The van der Waals surface area contributed by atoms with E-state index >= 15 is 0 Å².